The molecule has 1 fully saturated rings. The Balaban J connectivity index is 1.67. The number of benzene rings is 2. The second kappa shape index (κ2) is 7.43. The molecule has 0 N–H and O–H groups in total. The number of carbonyl (C=O) groups is 1. The third-order valence-corrected chi connectivity index (χ3v) is 4.79. The number of hydrogen-bond acceptors (Lipinski definition) is 4. The van der Waals surface area contributed by atoms with E-state index in [2.05, 4.69) is 20.9 Å². The molecule has 0 bridgehead atoms. The molecular formula is C20H17BrN2O3. The third-order valence-electron chi connectivity index (χ3n) is 4.30. The van der Waals surface area contributed by atoms with E-state index in [9.17, 15) is 4.79 Å². The van der Waals surface area contributed by atoms with Crippen LogP contribution in [0, 0.1) is 0 Å². The van der Waals surface area contributed by atoms with Gasteiger partial charge in [0.1, 0.15) is 0 Å². The van der Waals surface area contributed by atoms with Gasteiger partial charge in [0, 0.05) is 28.7 Å². The zero-order valence-corrected chi connectivity index (χ0v) is 15.6. The third kappa shape index (κ3) is 3.43. The lowest BCUT2D eigenvalue weighted by atomic mass is 10.1. The van der Waals surface area contributed by atoms with Gasteiger partial charge >= 0.3 is 0 Å². The van der Waals surface area contributed by atoms with Gasteiger partial charge in [-0.2, -0.15) is 0 Å². The van der Waals surface area contributed by atoms with E-state index in [0.29, 0.717) is 49.1 Å². The Hall–Kier alpha value is -2.44. The lowest BCUT2D eigenvalue weighted by Crippen LogP contribution is -2.40. The molecule has 1 aliphatic rings. The van der Waals surface area contributed by atoms with Gasteiger partial charge < -0.3 is 14.1 Å². The average molecular weight is 413 g/mol. The molecule has 0 saturated carbocycles. The molecule has 2 heterocycles. The minimum absolute atomic E-state index is 0.0221. The van der Waals surface area contributed by atoms with Gasteiger partial charge in [0.15, 0.2) is 5.76 Å². The number of carbonyl (C=O) groups excluding carboxylic acids is 1. The second-order valence-corrected chi connectivity index (χ2v) is 6.91. The number of rotatable bonds is 3. The number of oxazole rings is 1. The highest BCUT2D eigenvalue weighted by molar-refractivity contribution is 9.10. The first-order valence-corrected chi connectivity index (χ1v) is 9.20. The van der Waals surface area contributed by atoms with Crippen LogP contribution in [0.1, 0.15) is 10.4 Å². The van der Waals surface area contributed by atoms with Gasteiger partial charge in [-0.1, -0.05) is 40.2 Å². The highest BCUT2D eigenvalue weighted by Gasteiger charge is 2.23. The van der Waals surface area contributed by atoms with Crippen molar-refractivity contribution in [2.45, 2.75) is 0 Å². The van der Waals surface area contributed by atoms with Crippen molar-refractivity contribution in [1.29, 1.82) is 0 Å². The lowest BCUT2D eigenvalue weighted by Gasteiger charge is -2.27. The molecule has 0 spiro atoms. The summed E-state index contributed by atoms with van der Waals surface area (Å²) in [7, 11) is 0. The number of halogens is 1. The van der Waals surface area contributed by atoms with Crippen LogP contribution in [0.5, 0.6) is 0 Å². The molecule has 5 nitrogen and oxygen atoms in total. The molecule has 1 aliphatic heterocycles. The van der Waals surface area contributed by atoms with Crippen LogP contribution < -0.4 is 0 Å². The summed E-state index contributed by atoms with van der Waals surface area (Å²) >= 11 is 3.46. The Morgan fingerprint density at radius 2 is 1.88 bits per heavy atom. The van der Waals surface area contributed by atoms with Crippen molar-refractivity contribution in [2.75, 3.05) is 26.3 Å². The summed E-state index contributed by atoms with van der Waals surface area (Å²) in [5.41, 5.74) is 2.22. The van der Waals surface area contributed by atoms with E-state index >= 15 is 0 Å². The molecule has 1 saturated heterocycles. The highest BCUT2D eigenvalue weighted by atomic mass is 79.9. The molecule has 0 atom stereocenters. The van der Waals surface area contributed by atoms with Crippen molar-refractivity contribution in [1.82, 2.24) is 9.88 Å². The SMILES string of the molecule is O=C(c1ccccc1-c1ncc(-c2cccc(Br)c2)o1)N1CCOCC1. The van der Waals surface area contributed by atoms with E-state index in [1.165, 1.54) is 0 Å². The average Bonchev–Trinajstić information content (AvgIpc) is 3.18. The smallest absolute Gasteiger partial charge is 0.254 e. The maximum atomic E-state index is 12.9. The maximum Gasteiger partial charge on any atom is 0.254 e. The fourth-order valence-electron chi connectivity index (χ4n) is 2.97. The van der Waals surface area contributed by atoms with Gasteiger partial charge in [0.05, 0.1) is 25.0 Å². The van der Waals surface area contributed by atoms with Crippen LogP contribution in [0.15, 0.2) is 63.6 Å². The quantitative estimate of drug-likeness (QED) is 0.645. The van der Waals surface area contributed by atoms with Crippen molar-refractivity contribution in [3.8, 4) is 22.8 Å². The summed E-state index contributed by atoms with van der Waals surface area (Å²) in [4.78, 5) is 19.1. The molecule has 1 amide bonds. The topological polar surface area (TPSA) is 55.6 Å². The fourth-order valence-corrected chi connectivity index (χ4v) is 3.37. The molecule has 0 radical (unpaired) electrons. The second-order valence-electron chi connectivity index (χ2n) is 5.99. The molecule has 3 aromatic rings. The van der Waals surface area contributed by atoms with Crippen molar-refractivity contribution < 1.29 is 13.9 Å². The summed E-state index contributed by atoms with van der Waals surface area (Å²) < 4.78 is 12.3. The largest absolute Gasteiger partial charge is 0.436 e. The van der Waals surface area contributed by atoms with Gasteiger partial charge in [-0.15, -0.1) is 0 Å². The van der Waals surface area contributed by atoms with Gasteiger partial charge in [-0.05, 0) is 24.3 Å². The Morgan fingerprint density at radius 1 is 1.08 bits per heavy atom. The fraction of sp³-hybridized carbons (Fsp3) is 0.200. The summed E-state index contributed by atoms with van der Waals surface area (Å²) in [6.45, 7) is 2.34. The van der Waals surface area contributed by atoms with Gasteiger partial charge in [-0.25, -0.2) is 4.98 Å². The molecule has 6 heteroatoms. The molecule has 132 valence electrons. The number of hydrogen-bond donors (Lipinski definition) is 0. The Labute approximate surface area is 159 Å². The number of nitrogens with zero attached hydrogens (tertiary/aromatic N) is 2. The van der Waals surface area contributed by atoms with E-state index in [-0.39, 0.29) is 5.91 Å². The molecule has 26 heavy (non-hydrogen) atoms. The van der Waals surface area contributed by atoms with E-state index in [0.717, 1.165) is 10.0 Å². The monoisotopic (exact) mass is 412 g/mol. The van der Waals surface area contributed by atoms with Crippen molar-refractivity contribution in [3.63, 3.8) is 0 Å². The van der Waals surface area contributed by atoms with Gasteiger partial charge in [0.2, 0.25) is 5.89 Å². The Bertz CT molecular complexity index is 932. The van der Waals surface area contributed by atoms with Crippen LogP contribution in [0.2, 0.25) is 0 Å². The molecule has 1 aromatic heterocycles. The standard InChI is InChI=1S/C20H17BrN2O3/c21-15-5-3-4-14(12-15)18-13-22-19(26-18)16-6-1-2-7-17(16)20(24)23-8-10-25-11-9-23/h1-7,12-13H,8-11H2. The molecular weight excluding hydrogens is 396 g/mol. The van der Waals surface area contributed by atoms with Crippen molar-refractivity contribution in [2.24, 2.45) is 0 Å². The molecule has 2 aromatic carbocycles. The first kappa shape index (κ1) is 17.0. The van der Waals surface area contributed by atoms with Crippen molar-refractivity contribution >= 4 is 21.8 Å². The van der Waals surface area contributed by atoms with E-state index < -0.39 is 0 Å². The van der Waals surface area contributed by atoms with Crippen LogP contribution in [-0.4, -0.2) is 42.1 Å². The summed E-state index contributed by atoms with van der Waals surface area (Å²) in [5, 5.41) is 0. The predicted molar refractivity (Wildman–Crippen MR) is 102 cm³/mol. The van der Waals surface area contributed by atoms with Crippen LogP contribution in [-0.2, 0) is 4.74 Å². The summed E-state index contributed by atoms with van der Waals surface area (Å²) in [6.07, 6.45) is 1.69. The van der Waals surface area contributed by atoms with Crippen LogP contribution in [0.25, 0.3) is 22.8 Å². The number of aromatic nitrogens is 1. The lowest BCUT2D eigenvalue weighted by molar-refractivity contribution is 0.0303. The van der Waals surface area contributed by atoms with Crippen molar-refractivity contribution in [3.05, 3.63) is 64.8 Å². The van der Waals surface area contributed by atoms with Crippen LogP contribution in [0.4, 0.5) is 0 Å². The summed E-state index contributed by atoms with van der Waals surface area (Å²) in [5.74, 6) is 1.08. The zero-order valence-electron chi connectivity index (χ0n) is 14.0. The van der Waals surface area contributed by atoms with Gasteiger partial charge in [-0.3, -0.25) is 4.79 Å². The Kier molecular flexibility index (Phi) is 4.86. The Morgan fingerprint density at radius 3 is 2.69 bits per heavy atom. The molecule has 4 rings (SSSR count). The van der Waals surface area contributed by atoms with Gasteiger partial charge in [0.25, 0.3) is 5.91 Å². The van der Waals surface area contributed by atoms with E-state index in [1.807, 2.05) is 48.5 Å². The normalized spacial score (nSPS) is 14.4. The van der Waals surface area contributed by atoms with E-state index in [4.69, 9.17) is 9.15 Å². The maximum absolute atomic E-state index is 12.9. The predicted octanol–water partition coefficient (Wildman–Crippen LogP) is 4.24. The minimum Gasteiger partial charge on any atom is -0.436 e. The van der Waals surface area contributed by atoms with Crippen LogP contribution >= 0.6 is 15.9 Å². The minimum atomic E-state index is -0.0221. The first-order valence-electron chi connectivity index (χ1n) is 8.40. The van der Waals surface area contributed by atoms with E-state index in [1.54, 1.807) is 11.1 Å². The summed E-state index contributed by atoms with van der Waals surface area (Å²) in [6, 6.07) is 15.2. The first-order chi connectivity index (χ1) is 12.7. The number of morpholine rings is 1. The molecule has 0 aliphatic carbocycles. The molecule has 0 unspecified atom stereocenters. The highest BCUT2D eigenvalue weighted by Crippen LogP contribution is 2.30. The number of ether oxygens (including phenoxy) is 1. The zero-order chi connectivity index (χ0) is 17.9. The van der Waals surface area contributed by atoms with Crippen LogP contribution in [0.3, 0.4) is 0 Å². The number of amides is 1.